The third-order valence-electron chi connectivity index (χ3n) is 4.30. The van der Waals surface area contributed by atoms with Crippen LogP contribution in [-0.4, -0.2) is 53.6 Å². The molecule has 0 radical (unpaired) electrons. The van der Waals surface area contributed by atoms with Gasteiger partial charge < -0.3 is 19.6 Å². The van der Waals surface area contributed by atoms with E-state index in [1.807, 2.05) is 4.90 Å². The van der Waals surface area contributed by atoms with Crippen LogP contribution in [0, 0.1) is 0 Å². The number of benzene rings is 1. The minimum atomic E-state index is -4.80. The lowest BCUT2D eigenvalue weighted by Crippen LogP contribution is -2.36. The van der Waals surface area contributed by atoms with E-state index in [0.29, 0.717) is 30.6 Å². The normalized spacial score (nSPS) is 17.8. The Labute approximate surface area is 141 Å². The molecule has 9 heteroatoms. The number of aromatic nitrogens is 1. The van der Waals surface area contributed by atoms with Gasteiger partial charge in [-0.2, -0.15) is 0 Å². The molecule has 1 aliphatic rings. The number of likely N-dealkylation sites (tertiary alicyclic amines) is 1. The predicted molar refractivity (Wildman–Crippen MR) is 84.8 cm³/mol. The van der Waals surface area contributed by atoms with Crippen LogP contribution in [0.5, 0.6) is 5.75 Å². The second-order valence-corrected chi connectivity index (χ2v) is 5.81. The molecule has 1 N–H and O–H groups in total. The molecule has 0 bridgehead atoms. The molecule has 1 unspecified atom stereocenters. The molecule has 2 heterocycles. The van der Waals surface area contributed by atoms with Gasteiger partial charge in [0.15, 0.2) is 5.75 Å². The van der Waals surface area contributed by atoms with Crippen LogP contribution in [-0.2, 0) is 0 Å². The van der Waals surface area contributed by atoms with Crippen molar-refractivity contribution in [3.8, 4) is 5.75 Å². The summed E-state index contributed by atoms with van der Waals surface area (Å²) in [6, 6.07) is 6.01. The van der Waals surface area contributed by atoms with Crippen LogP contribution in [0.1, 0.15) is 6.42 Å². The Balaban J connectivity index is 1.95. The summed E-state index contributed by atoms with van der Waals surface area (Å²) in [6.45, 7) is 0.768. The molecule has 0 saturated carbocycles. The van der Waals surface area contributed by atoms with E-state index in [4.69, 9.17) is 5.11 Å². The fraction of sp³-hybridized carbons (Fsp3) is 0.375. The molecule has 1 saturated heterocycles. The Morgan fingerprint density at radius 1 is 1.40 bits per heavy atom. The maximum Gasteiger partial charge on any atom is 0.573 e. The number of hydrogen-bond acceptors (Lipinski definition) is 4. The lowest BCUT2D eigenvalue weighted by molar-refractivity contribution is -0.274. The zero-order chi connectivity index (χ0) is 18.2. The summed E-state index contributed by atoms with van der Waals surface area (Å²) < 4.78 is 41.8. The predicted octanol–water partition coefficient (Wildman–Crippen LogP) is 3.32. The first-order valence-corrected chi connectivity index (χ1v) is 7.60. The molecule has 0 aliphatic carbocycles. The van der Waals surface area contributed by atoms with Crippen molar-refractivity contribution >= 4 is 22.7 Å². The third kappa shape index (κ3) is 3.54. The third-order valence-corrected chi connectivity index (χ3v) is 4.30. The van der Waals surface area contributed by atoms with Gasteiger partial charge in [-0.25, -0.2) is 4.79 Å². The topological polar surface area (TPSA) is 65.9 Å². The maximum absolute atomic E-state index is 12.6. The van der Waals surface area contributed by atoms with E-state index in [-0.39, 0.29) is 17.3 Å². The molecule has 1 atom stereocenters. The number of rotatable bonds is 3. The van der Waals surface area contributed by atoms with Gasteiger partial charge >= 0.3 is 12.5 Å². The highest BCUT2D eigenvalue weighted by Gasteiger charge is 2.33. The van der Waals surface area contributed by atoms with Crippen molar-refractivity contribution in [3.05, 3.63) is 30.5 Å². The fourth-order valence-corrected chi connectivity index (χ4v) is 3.07. The molecule has 1 aliphatic heterocycles. The summed E-state index contributed by atoms with van der Waals surface area (Å²) in [7, 11) is 1.79. The number of nitrogens with zero attached hydrogens (tertiary/aromatic N) is 3. The average Bonchev–Trinajstić information content (AvgIpc) is 3.03. The molecule has 2 aromatic rings. The Bertz CT molecular complexity index is 797. The largest absolute Gasteiger partial charge is 0.573 e. The van der Waals surface area contributed by atoms with Crippen molar-refractivity contribution in [3.63, 3.8) is 0 Å². The molecule has 1 amide bonds. The van der Waals surface area contributed by atoms with E-state index in [1.165, 1.54) is 23.2 Å². The summed E-state index contributed by atoms with van der Waals surface area (Å²) in [6.07, 6.45) is -3.73. The number of anilines is 1. The molecule has 0 spiro atoms. The van der Waals surface area contributed by atoms with Crippen molar-refractivity contribution < 1.29 is 27.8 Å². The van der Waals surface area contributed by atoms with E-state index >= 15 is 0 Å². The first kappa shape index (κ1) is 17.1. The van der Waals surface area contributed by atoms with Crippen molar-refractivity contribution in [1.82, 2.24) is 9.88 Å². The molecule has 3 rings (SSSR count). The zero-order valence-corrected chi connectivity index (χ0v) is 13.3. The van der Waals surface area contributed by atoms with E-state index in [1.54, 1.807) is 19.2 Å². The first-order chi connectivity index (χ1) is 11.8. The molecular weight excluding hydrogens is 339 g/mol. The number of carboxylic acid groups (broad SMARTS) is 1. The highest BCUT2D eigenvalue weighted by Crippen LogP contribution is 2.36. The van der Waals surface area contributed by atoms with Gasteiger partial charge in [-0.15, -0.1) is 13.2 Å². The van der Waals surface area contributed by atoms with Crippen LogP contribution in [0.2, 0.25) is 0 Å². The number of pyridine rings is 1. The molecule has 1 aromatic carbocycles. The number of ether oxygens (including phenoxy) is 1. The molecule has 25 heavy (non-hydrogen) atoms. The Hall–Kier alpha value is -2.71. The van der Waals surface area contributed by atoms with Crippen molar-refractivity contribution in [2.45, 2.75) is 18.8 Å². The first-order valence-electron chi connectivity index (χ1n) is 7.60. The molecule has 1 fully saturated rings. The smallest absolute Gasteiger partial charge is 0.465 e. The van der Waals surface area contributed by atoms with Gasteiger partial charge in [0, 0.05) is 43.4 Å². The van der Waals surface area contributed by atoms with Gasteiger partial charge in [-0.3, -0.25) is 4.98 Å². The van der Waals surface area contributed by atoms with E-state index < -0.39 is 12.5 Å². The Morgan fingerprint density at radius 3 is 2.80 bits per heavy atom. The van der Waals surface area contributed by atoms with E-state index in [0.717, 1.165) is 0 Å². The van der Waals surface area contributed by atoms with Crippen LogP contribution >= 0.6 is 0 Å². The summed E-state index contributed by atoms with van der Waals surface area (Å²) in [4.78, 5) is 18.3. The van der Waals surface area contributed by atoms with Crippen molar-refractivity contribution in [1.29, 1.82) is 0 Å². The zero-order valence-electron chi connectivity index (χ0n) is 13.3. The van der Waals surface area contributed by atoms with Gasteiger partial charge in [0.05, 0.1) is 0 Å². The molecular formula is C16H16F3N3O3. The number of alkyl halides is 3. The van der Waals surface area contributed by atoms with Gasteiger partial charge in [0.25, 0.3) is 0 Å². The molecule has 1 aromatic heterocycles. The lowest BCUT2D eigenvalue weighted by atomic mass is 10.1. The summed E-state index contributed by atoms with van der Waals surface area (Å²) in [5, 5.41) is 9.59. The van der Waals surface area contributed by atoms with Crippen LogP contribution < -0.4 is 9.64 Å². The summed E-state index contributed by atoms with van der Waals surface area (Å²) in [5.74, 6) is -0.362. The van der Waals surface area contributed by atoms with Crippen molar-refractivity contribution in [2.24, 2.45) is 0 Å². The minimum absolute atomic E-state index is 0.0612. The number of halogens is 3. The number of fused-ring (bicyclic) bond motifs is 1. The van der Waals surface area contributed by atoms with Crippen LogP contribution in [0.15, 0.2) is 30.5 Å². The second-order valence-electron chi connectivity index (χ2n) is 5.81. The second kappa shape index (κ2) is 6.30. The molecule has 134 valence electrons. The highest BCUT2D eigenvalue weighted by atomic mass is 19.4. The number of amides is 1. The average molecular weight is 355 g/mol. The van der Waals surface area contributed by atoms with E-state index in [9.17, 15) is 18.0 Å². The SMILES string of the molecule is CN(c1ccc(OC(F)(F)F)c2ncccc12)C1CCN(C(=O)O)C1. The fourth-order valence-electron chi connectivity index (χ4n) is 3.07. The molecule has 6 nitrogen and oxygen atoms in total. The van der Waals surface area contributed by atoms with Gasteiger partial charge in [0.2, 0.25) is 0 Å². The van der Waals surface area contributed by atoms with Crippen LogP contribution in [0.4, 0.5) is 23.7 Å². The van der Waals surface area contributed by atoms with Gasteiger partial charge in [0.1, 0.15) is 5.52 Å². The minimum Gasteiger partial charge on any atom is -0.465 e. The number of hydrogen-bond donors (Lipinski definition) is 1. The van der Waals surface area contributed by atoms with Gasteiger partial charge in [-0.1, -0.05) is 0 Å². The standard InChI is InChI=1S/C16H16F3N3O3/c1-21(10-6-8-22(9-10)15(23)24)12-4-5-13(25-16(17,18)19)14-11(12)3-2-7-20-14/h2-5,7,10H,6,8-9H2,1H3,(H,23,24). The Morgan fingerprint density at radius 2 is 2.16 bits per heavy atom. The van der Waals surface area contributed by atoms with E-state index in [2.05, 4.69) is 9.72 Å². The quantitative estimate of drug-likeness (QED) is 0.915. The number of carbonyl (C=O) groups is 1. The van der Waals surface area contributed by atoms with Crippen LogP contribution in [0.25, 0.3) is 10.9 Å². The number of likely N-dealkylation sites (N-methyl/N-ethyl adjacent to an activating group) is 1. The Kier molecular flexibility index (Phi) is 4.32. The summed E-state index contributed by atoms with van der Waals surface area (Å²) in [5.41, 5.74) is 0.784. The maximum atomic E-state index is 12.6. The van der Waals surface area contributed by atoms with Crippen molar-refractivity contribution in [2.75, 3.05) is 25.0 Å². The van der Waals surface area contributed by atoms with Crippen LogP contribution in [0.3, 0.4) is 0 Å². The van der Waals surface area contributed by atoms with Gasteiger partial charge in [-0.05, 0) is 30.7 Å². The highest BCUT2D eigenvalue weighted by molar-refractivity contribution is 5.95. The summed E-state index contributed by atoms with van der Waals surface area (Å²) >= 11 is 0. The monoisotopic (exact) mass is 355 g/mol. The lowest BCUT2D eigenvalue weighted by Gasteiger charge is -2.28.